The maximum atomic E-state index is 13.4. The van der Waals surface area contributed by atoms with E-state index < -0.39 is 25.6 Å². The van der Waals surface area contributed by atoms with Crippen LogP contribution in [0.5, 0.6) is 5.75 Å². The van der Waals surface area contributed by atoms with Crippen LogP contribution in [0.25, 0.3) is 5.52 Å². The summed E-state index contributed by atoms with van der Waals surface area (Å²) in [4.78, 5) is 13.2. The SMILES string of the molecule is Cc1ccc2c(CCC(C)C)c(O)c(C3=NS(=O)(=O)c4cc(NS(C)(=O)=O)ccc4N3)c(=O)n2c1. The van der Waals surface area contributed by atoms with Crippen molar-refractivity contribution < 1.29 is 21.9 Å². The lowest BCUT2D eigenvalue weighted by Gasteiger charge is -2.21. The van der Waals surface area contributed by atoms with Gasteiger partial charge in [0.15, 0.2) is 5.84 Å². The molecule has 3 aromatic rings. The van der Waals surface area contributed by atoms with Crippen molar-refractivity contribution in [2.45, 2.75) is 38.5 Å². The maximum Gasteiger partial charge on any atom is 0.286 e. The van der Waals surface area contributed by atoms with E-state index in [0.717, 1.165) is 24.3 Å². The molecule has 0 saturated heterocycles. The summed E-state index contributed by atoms with van der Waals surface area (Å²) >= 11 is 0. The van der Waals surface area contributed by atoms with E-state index in [2.05, 4.69) is 14.4 Å². The molecule has 0 unspecified atom stereocenters. The average molecular weight is 519 g/mol. The number of nitrogens with one attached hydrogen (secondary N) is 2. The van der Waals surface area contributed by atoms with E-state index >= 15 is 0 Å². The number of anilines is 2. The first-order valence-electron chi connectivity index (χ1n) is 10.9. The minimum Gasteiger partial charge on any atom is -0.507 e. The molecule has 0 spiro atoms. The number of aromatic hydroxyl groups is 1. The number of hydrogen-bond acceptors (Lipinski definition) is 7. The van der Waals surface area contributed by atoms with Crippen LogP contribution in [0, 0.1) is 12.8 Å². The Morgan fingerprint density at radius 2 is 1.91 bits per heavy atom. The van der Waals surface area contributed by atoms with Gasteiger partial charge in [0.2, 0.25) is 10.0 Å². The van der Waals surface area contributed by atoms with Crippen molar-refractivity contribution in [2.75, 3.05) is 16.3 Å². The van der Waals surface area contributed by atoms with Crippen LogP contribution in [0.2, 0.25) is 0 Å². The molecule has 0 aliphatic carbocycles. The highest BCUT2D eigenvalue weighted by molar-refractivity contribution is 7.92. The van der Waals surface area contributed by atoms with Gasteiger partial charge >= 0.3 is 0 Å². The minimum absolute atomic E-state index is 0.0512. The van der Waals surface area contributed by atoms with Gasteiger partial charge < -0.3 is 10.4 Å². The topological polar surface area (TPSA) is 146 Å². The highest BCUT2D eigenvalue weighted by Gasteiger charge is 2.30. The Labute approximate surface area is 203 Å². The lowest BCUT2D eigenvalue weighted by Crippen LogP contribution is -2.31. The number of amidine groups is 1. The van der Waals surface area contributed by atoms with Gasteiger partial charge in [-0.1, -0.05) is 19.9 Å². The van der Waals surface area contributed by atoms with Crippen LogP contribution in [-0.4, -0.2) is 38.4 Å². The predicted molar refractivity (Wildman–Crippen MR) is 135 cm³/mol. The molecule has 1 aliphatic heterocycles. The number of rotatable bonds is 6. The third-order valence-electron chi connectivity index (χ3n) is 5.60. The molecule has 3 heterocycles. The Bertz CT molecular complexity index is 1660. The smallest absolute Gasteiger partial charge is 0.286 e. The number of nitrogens with zero attached hydrogens (tertiary/aromatic N) is 2. The normalized spacial score (nSPS) is 14.9. The van der Waals surface area contributed by atoms with Gasteiger partial charge in [0.25, 0.3) is 15.6 Å². The van der Waals surface area contributed by atoms with Crippen molar-refractivity contribution in [1.82, 2.24) is 4.40 Å². The lowest BCUT2D eigenvalue weighted by atomic mass is 9.98. The fraction of sp³-hybridized carbons (Fsp3) is 0.304. The van der Waals surface area contributed by atoms with E-state index in [9.17, 15) is 26.7 Å². The summed E-state index contributed by atoms with van der Waals surface area (Å²) in [5, 5.41) is 14.0. The fourth-order valence-corrected chi connectivity index (χ4v) is 5.66. The van der Waals surface area contributed by atoms with Crippen LogP contribution >= 0.6 is 0 Å². The van der Waals surface area contributed by atoms with E-state index in [1.54, 1.807) is 12.3 Å². The first kappa shape index (κ1) is 24.7. The maximum absolute atomic E-state index is 13.4. The van der Waals surface area contributed by atoms with Crippen LogP contribution in [-0.2, 0) is 26.5 Å². The third-order valence-corrected chi connectivity index (χ3v) is 7.52. The number of sulfonamides is 2. The summed E-state index contributed by atoms with van der Waals surface area (Å²) in [5.41, 5.74) is 1.16. The van der Waals surface area contributed by atoms with E-state index in [1.165, 1.54) is 16.5 Å². The summed E-state index contributed by atoms with van der Waals surface area (Å²) in [7, 11) is -7.94. The fourth-order valence-electron chi connectivity index (χ4n) is 3.95. The van der Waals surface area contributed by atoms with E-state index in [0.29, 0.717) is 23.4 Å². The number of benzene rings is 1. The number of fused-ring (bicyclic) bond motifs is 2. The lowest BCUT2D eigenvalue weighted by molar-refractivity contribution is 0.461. The molecule has 0 amide bonds. The van der Waals surface area contributed by atoms with Gasteiger partial charge in [-0.05, 0) is 55.5 Å². The van der Waals surface area contributed by atoms with Crippen molar-refractivity contribution in [3.05, 3.63) is 63.6 Å². The van der Waals surface area contributed by atoms with E-state index in [4.69, 9.17) is 0 Å². The minimum atomic E-state index is -4.32. The van der Waals surface area contributed by atoms with Gasteiger partial charge in [-0.25, -0.2) is 8.42 Å². The van der Waals surface area contributed by atoms with Crippen molar-refractivity contribution in [3.63, 3.8) is 0 Å². The highest BCUT2D eigenvalue weighted by Crippen LogP contribution is 2.34. The molecular weight excluding hydrogens is 492 g/mol. The molecule has 1 aliphatic rings. The van der Waals surface area contributed by atoms with Crippen LogP contribution < -0.4 is 15.6 Å². The second-order valence-electron chi connectivity index (χ2n) is 9.03. The van der Waals surface area contributed by atoms with Gasteiger partial charge in [-0.15, -0.1) is 4.40 Å². The van der Waals surface area contributed by atoms with E-state index in [-0.39, 0.29) is 33.4 Å². The number of pyridine rings is 2. The van der Waals surface area contributed by atoms with Crippen LogP contribution in [0.4, 0.5) is 11.4 Å². The van der Waals surface area contributed by atoms with Crippen molar-refractivity contribution >= 4 is 42.8 Å². The van der Waals surface area contributed by atoms with Gasteiger partial charge in [-0.3, -0.25) is 13.9 Å². The Morgan fingerprint density at radius 3 is 2.57 bits per heavy atom. The Hall–Kier alpha value is -3.38. The molecule has 2 aromatic heterocycles. The molecule has 0 saturated carbocycles. The molecule has 3 N–H and O–H groups in total. The van der Waals surface area contributed by atoms with Crippen LogP contribution in [0.3, 0.4) is 0 Å². The summed E-state index contributed by atoms with van der Waals surface area (Å²) in [6.45, 7) is 5.91. The molecule has 1 aromatic carbocycles. The van der Waals surface area contributed by atoms with Gasteiger partial charge in [-0.2, -0.15) is 8.42 Å². The molecule has 0 bridgehead atoms. The first-order valence-corrected chi connectivity index (χ1v) is 14.2. The summed E-state index contributed by atoms with van der Waals surface area (Å²) < 4.78 is 56.5. The number of aromatic nitrogens is 1. The van der Waals surface area contributed by atoms with Crippen LogP contribution in [0.15, 0.2) is 50.6 Å². The van der Waals surface area contributed by atoms with Crippen molar-refractivity contribution in [3.8, 4) is 5.75 Å². The summed E-state index contributed by atoms with van der Waals surface area (Å²) in [6, 6.07) is 7.49. The first-order chi connectivity index (χ1) is 16.3. The molecule has 0 atom stereocenters. The molecule has 0 radical (unpaired) electrons. The molecule has 186 valence electrons. The third kappa shape index (κ3) is 4.89. The van der Waals surface area contributed by atoms with Crippen molar-refractivity contribution in [2.24, 2.45) is 10.3 Å². The largest absolute Gasteiger partial charge is 0.507 e. The highest BCUT2D eigenvalue weighted by atomic mass is 32.2. The Balaban J connectivity index is 1.91. The van der Waals surface area contributed by atoms with Gasteiger partial charge in [0, 0.05) is 17.4 Å². The van der Waals surface area contributed by atoms with Gasteiger partial charge in [0.1, 0.15) is 16.2 Å². The Kier molecular flexibility index (Phi) is 6.14. The summed E-state index contributed by atoms with van der Waals surface area (Å²) in [6.07, 6.45) is 3.80. The zero-order valence-electron chi connectivity index (χ0n) is 19.7. The second kappa shape index (κ2) is 8.68. The van der Waals surface area contributed by atoms with Gasteiger partial charge in [0.05, 0.1) is 17.5 Å². The summed E-state index contributed by atoms with van der Waals surface area (Å²) in [5.74, 6) is -0.285. The molecule has 12 heteroatoms. The number of hydrogen-bond donors (Lipinski definition) is 3. The second-order valence-corrected chi connectivity index (χ2v) is 12.3. The van der Waals surface area contributed by atoms with Crippen LogP contribution in [0.1, 0.15) is 37.0 Å². The quantitative estimate of drug-likeness (QED) is 0.455. The molecular formula is C23H26N4O6S2. The zero-order chi connectivity index (χ0) is 25.7. The van der Waals surface area contributed by atoms with E-state index in [1.807, 2.05) is 26.8 Å². The predicted octanol–water partition coefficient (Wildman–Crippen LogP) is 2.83. The standard InChI is InChI=1S/C23H26N4O6S2/c1-13(2)5-8-16-18-10-6-14(3)12-27(18)23(29)20(21(16)28)22-24-17-9-7-15(25-34(4,30)31)11-19(17)35(32,33)26-22/h6-7,9-13,25,28H,5,8H2,1-4H3,(H,24,26). The molecule has 35 heavy (non-hydrogen) atoms. The van der Waals surface area contributed by atoms with Crippen molar-refractivity contribution in [1.29, 1.82) is 0 Å². The average Bonchev–Trinajstić information content (AvgIpc) is 2.73. The zero-order valence-corrected chi connectivity index (χ0v) is 21.3. The molecule has 4 rings (SSSR count). The molecule has 0 fully saturated rings. The monoisotopic (exact) mass is 518 g/mol. The Morgan fingerprint density at radius 1 is 1.20 bits per heavy atom. The number of aryl methyl sites for hydroxylation is 2. The molecule has 10 nitrogen and oxygen atoms in total.